The number of rotatable bonds is 7. The standard InChI is InChI=1S/C13H13ClF3NO3.C10H10F2/c14-9-3-1-8(2-4-12(20)21)7-10(9)18-11(19)5-6-13(15,16)17;11-10(12)6-9(7-10)8-4-2-1-3-5-8/h1,3,7H,2,4-6H2,(H,18,19)(H,20,21);1-5,9H,6-7H2. The van der Waals surface area contributed by atoms with E-state index in [2.05, 4.69) is 5.32 Å². The summed E-state index contributed by atoms with van der Waals surface area (Å²) in [5.41, 5.74) is 1.84. The molecule has 0 spiro atoms. The predicted molar refractivity (Wildman–Crippen MR) is 115 cm³/mol. The summed E-state index contributed by atoms with van der Waals surface area (Å²) in [7, 11) is 0. The molecule has 2 aromatic carbocycles. The third kappa shape index (κ3) is 9.77. The van der Waals surface area contributed by atoms with Crippen LogP contribution in [-0.4, -0.2) is 29.1 Å². The monoisotopic (exact) mass is 491 g/mol. The molecule has 10 heteroatoms. The van der Waals surface area contributed by atoms with Gasteiger partial charge >= 0.3 is 12.1 Å². The first-order valence-electron chi connectivity index (χ1n) is 10.1. The summed E-state index contributed by atoms with van der Waals surface area (Å²) >= 11 is 5.84. The van der Waals surface area contributed by atoms with E-state index < -0.39 is 36.8 Å². The maximum absolute atomic E-state index is 12.5. The average molecular weight is 492 g/mol. The summed E-state index contributed by atoms with van der Waals surface area (Å²) in [6.45, 7) is 0. The highest BCUT2D eigenvalue weighted by atomic mass is 35.5. The van der Waals surface area contributed by atoms with Gasteiger partial charge in [0.05, 0.1) is 17.1 Å². The van der Waals surface area contributed by atoms with Crippen molar-refractivity contribution in [1.29, 1.82) is 0 Å². The number of hydrogen-bond donors (Lipinski definition) is 2. The van der Waals surface area contributed by atoms with Crippen molar-refractivity contribution in [3.05, 3.63) is 64.7 Å². The summed E-state index contributed by atoms with van der Waals surface area (Å²) < 4.78 is 61.0. The van der Waals surface area contributed by atoms with Crippen molar-refractivity contribution < 1.29 is 36.6 Å². The highest BCUT2D eigenvalue weighted by Gasteiger charge is 2.45. The Morgan fingerprint density at radius 2 is 1.70 bits per heavy atom. The van der Waals surface area contributed by atoms with E-state index in [4.69, 9.17) is 16.7 Å². The molecule has 0 unspecified atom stereocenters. The SMILES string of the molecule is FC1(F)CC(c2ccccc2)C1.O=C(O)CCc1ccc(Cl)c(NC(=O)CCC(F)(F)F)c1. The number of anilines is 1. The number of amides is 1. The Morgan fingerprint density at radius 1 is 1.06 bits per heavy atom. The molecule has 0 radical (unpaired) electrons. The van der Waals surface area contributed by atoms with Gasteiger partial charge in [-0.25, -0.2) is 8.78 Å². The molecular weight excluding hydrogens is 469 g/mol. The van der Waals surface area contributed by atoms with Crippen LogP contribution in [0.15, 0.2) is 48.5 Å². The van der Waals surface area contributed by atoms with Gasteiger partial charge in [0, 0.05) is 25.7 Å². The molecule has 0 bridgehead atoms. The smallest absolute Gasteiger partial charge is 0.389 e. The third-order valence-corrected chi connectivity index (χ3v) is 5.26. The van der Waals surface area contributed by atoms with Gasteiger partial charge < -0.3 is 10.4 Å². The van der Waals surface area contributed by atoms with Crippen LogP contribution in [0.4, 0.5) is 27.6 Å². The molecule has 1 amide bonds. The van der Waals surface area contributed by atoms with E-state index in [1.54, 1.807) is 6.07 Å². The summed E-state index contributed by atoms with van der Waals surface area (Å²) in [5.74, 6) is -4.09. The van der Waals surface area contributed by atoms with Crippen molar-refractivity contribution in [1.82, 2.24) is 0 Å². The Hall–Kier alpha value is -2.68. The van der Waals surface area contributed by atoms with Crippen LogP contribution in [0.3, 0.4) is 0 Å². The van der Waals surface area contributed by atoms with E-state index in [1.165, 1.54) is 12.1 Å². The molecule has 2 aromatic rings. The minimum Gasteiger partial charge on any atom is -0.481 e. The number of aryl methyl sites for hydroxylation is 1. The highest BCUT2D eigenvalue weighted by Crippen LogP contribution is 2.48. The van der Waals surface area contributed by atoms with Gasteiger partial charge in [-0.3, -0.25) is 9.59 Å². The molecule has 1 aliphatic carbocycles. The number of carboxylic acid groups (broad SMARTS) is 1. The Bertz CT molecular complexity index is 943. The zero-order chi connectivity index (χ0) is 24.6. The maximum atomic E-state index is 12.5. The van der Waals surface area contributed by atoms with Crippen LogP contribution < -0.4 is 5.32 Å². The third-order valence-electron chi connectivity index (χ3n) is 4.93. The molecule has 4 nitrogen and oxygen atoms in total. The zero-order valence-electron chi connectivity index (χ0n) is 17.5. The second-order valence-electron chi connectivity index (χ2n) is 7.74. The fraction of sp³-hybridized carbons (Fsp3) is 0.391. The predicted octanol–water partition coefficient (Wildman–Crippen LogP) is 6.84. The van der Waals surface area contributed by atoms with Gasteiger partial charge in [0.15, 0.2) is 0 Å². The summed E-state index contributed by atoms with van der Waals surface area (Å²) in [4.78, 5) is 21.9. The summed E-state index contributed by atoms with van der Waals surface area (Å²) in [6, 6.07) is 14.0. The first-order valence-corrected chi connectivity index (χ1v) is 10.5. The van der Waals surface area contributed by atoms with E-state index in [-0.39, 0.29) is 42.3 Å². The number of aliphatic carboxylic acids is 1. The maximum Gasteiger partial charge on any atom is 0.389 e. The van der Waals surface area contributed by atoms with Crippen molar-refractivity contribution in [2.45, 2.75) is 56.5 Å². The highest BCUT2D eigenvalue weighted by molar-refractivity contribution is 6.33. The van der Waals surface area contributed by atoms with Gasteiger partial charge in [0.2, 0.25) is 11.8 Å². The number of carbonyl (C=O) groups excluding carboxylic acids is 1. The van der Waals surface area contributed by atoms with Gasteiger partial charge in [-0.2, -0.15) is 13.2 Å². The van der Waals surface area contributed by atoms with E-state index in [1.807, 2.05) is 30.3 Å². The fourth-order valence-electron chi connectivity index (χ4n) is 3.17. The van der Waals surface area contributed by atoms with E-state index in [9.17, 15) is 31.5 Å². The van der Waals surface area contributed by atoms with E-state index >= 15 is 0 Å². The molecule has 1 fully saturated rings. The fourth-order valence-corrected chi connectivity index (χ4v) is 3.33. The van der Waals surface area contributed by atoms with Crippen LogP contribution in [0.2, 0.25) is 5.02 Å². The van der Waals surface area contributed by atoms with Crippen molar-refractivity contribution in [2.75, 3.05) is 5.32 Å². The number of nitrogens with one attached hydrogen (secondary N) is 1. The summed E-state index contributed by atoms with van der Waals surface area (Å²) in [5, 5.41) is 11.1. The lowest BCUT2D eigenvalue weighted by molar-refractivity contribution is -0.142. The van der Waals surface area contributed by atoms with Gasteiger partial charge in [-0.05, 0) is 35.6 Å². The number of alkyl halides is 5. The summed E-state index contributed by atoms with van der Waals surface area (Å²) in [6.07, 6.45) is -6.12. The molecule has 1 saturated carbocycles. The van der Waals surface area contributed by atoms with Crippen LogP contribution in [0.25, 0.3) is 0 Å². The molecule has 0 heterocycles. The van der Waals surface area contributed by atoms with Crippen molar-refractivity contribution >= 4 is 29.2 Å². The first kappa shape index (κ1) is 26.6. The number of hydrogen-bond acceptors (Lipinski definition) is 2. The van der Waals surface area contributed by atoms with E-state index in [0.717, 1.165) is 5.56 Å². The Balaban J connectivity index is 0.000000268. The number of benzene rings is 2. The molecule has 1 aliphatic rings. The molecule has 0 saturated heterocycles. The molecular formula is C23H23ClF5NO3. The molecule has 2 N–H and O–H groups in total. The van der Waals surface area contributed by atoms with Crippen LogP contribution >= 0.6 is 11.6 Å². The lowest BCUT2D eigenvalue weighted by atomic mass is 9.77. The second kappa shape index (κ2) is 11.4. The Kier molecular flexibility index (Phi) is 9.22. The lowest BCUT2D eigenvalue weighted by Crippen LogP contribution is -2.33. The topological polar surface area (TPSA) is 66.4 Å². The quantitative estimate of drug-likeness (QED) is 0.417. The van der Waals surface area contributed by atoms with Crippen molar-refractivity contribution in [3.63, 3.8) is 0 Å². The Morgan fingerprint density at radius 3 is 2.24 bits per heavy atom. The van der Waals surface area contributed by atoms with Crippen LogP contribution in [-0.2, 0) is 16.0 Å². The first-order chi connectivity index (χ1) is 15.3. The number of carboxylic acids is 1. The molecule has 0 aromatic heterocycles. The molecule has 180 valence electrons. The van der Waals surface area contributed by atoms with Gasteiger partial charge in [0.1, 0.15) is 0 Å². The van der Waals surface area contributed by atoms with E-state index in [0.29, 0.717) is 5.56 Å². The minimum atomic E-state index is -4.40. The average Bonchev–Trinajstić information content (AvgIpc) is 2.71. The van der Waals surface area contributed by atoms with Crippen molar-refractivity contribution in [3.8, 4) is 0 Å². The molecule has 0 atom stereocenters. The molecule has 0 aliphatic heterocycles. The Labute approximate surface area is 192 Å². The van der Waals surface area contributed by atoms with Crippen molar-refractivity contribution in [2.24, 2.45) is 0 Å². The molecule has 3 rings (SSSR count). The van der Waals surface area contributed by atoms with Gasteiger partial charge in [-0.1, -0.05) is 48.0 Å². The largest absolute Gasteiger partial charge is 0.481 e. The van der Waals surface area contributed by atoms with Crippen LogP contribution in [0.1, 0.15) is 49.1 Å². The van der Waals surface area contributed by atoms with Gasteiger partial charge in [0.25, 0.3) is 0 Å². The lowest BCUT2D eigenvalue weighted by Gasteiger charge is -2.35. The molecule has 33 heavy (non-hydrogen) atoms. The van der Waals surface area contributed by atoms with Gasteiger partial charge in [-0.15, -0.1) is 0 Å². The zero-order valence-corrected chi connectivity index (χ0v) is 18.2. The van der Waals surface area contributed by atoms with Crippen LogP contribution in [0, 0.1) is 0 Å². The second-order valence-corrected chi connectivity index (χ2v) is 8.15. The van der Waals surface area contributed by atoms with Crippen LogP contribution in [0.5, 0.6) is 0 Å². The normalized spacial score (nSPS) is 15.1. The minimum absolute atomic E-state index is 0.0248. The number of halogens is 6. The number of carbonyl (C=O) groups is 2.